The Kier molecular flexibility index (Phi) is 5.72. The Morgan fingerprint density at radius 1 is 1.43 bits per heavy atom. The molecule has 21 heavy (non-hydrogen) atoms. The van der Waals surface area contributed by atoms with Crippen molar-refractivity contribution in [2.45, 2.75) is 18.4 Å². The van der Waals surface area contributed by atoms with E-state index in [2.05, 4.69) is 9.62 Å². The number of benzene rings is 1. The fourth-order valence-corrected chi connectivity index (χ4v) is 3.49. The highest BCUT2D eigenvalue weighted by atomic mass is 32.2. The maximum Gasteiger partial charge on any atom is 0.215 e. The maximum absolute atomic E-state index is 12.1. The molecule has 2 rings (SSSR count). The molecule has 1 aromatic carbocycles. The van der Waals surface area contributed by atoms with Crippen molar-refractivity contribution >= 4 is 10.0 Å². The summed E-state index contributed by atoms with van der Waals surface area (Å²) in [5.74, 6) is -0.0383. The van der Waals surface area contributed by atoms with Crippen molar-refractivity contribution in [2.24, 2.45) is 5.73 Å². The van der Waals surface area contributed by atoms with Gasteiger partial charge in [-0.3, -0.25) is 0 Å². The Balaban J connectivity index is 1.89. The van der Waals surface area contributed by atoms with Crippen LogP contribution in [-0.4, -0.2) is 52.7 Å². The molecule has 0 spiro atoms. The minimum atomic E-state index is -3.37. The monoisotopic (exact) mass is 313 g/mol. The van der Waals surface area contributed by atoms with Gasteiger partial charge in [-0.05, 0) is 18.2 Å². The first kappa shape index (κ1) is 16.4. The molecule has 1 aliphatic heterocycles. The highest BCUT2D eigenvalue weighted by Crippen LogP contribution is 2.09. The summed E-state index contributed by atoms with van der Waals surface area (Å²) in [6, 6.07) is 7.33. The van der Waals surface area contributed by atoms with Crippen LogP contribution >= 0.6 is 0 Å². The van der Waals surface area contributed by atoms with Crippen LogP contribution in [0.5, 0.6) is 0 Å². The van der Waals surface area contributed by atoms with Gasteiger partial charge in [-0.1, -0.05) is 24.3 Å². The third-order valence-corrected chi connectivity index (χ3v) is 4.78. The van der Waals surface area contributed by atoms with E-state index in [4.69, 9.17) is 10.5 Å². The molecule has 1 aliphatic rings. The number of sulfonamides is 1. The quantitative estimate of drug-likeness (QED) is 0.766. The van der Waals surface area contributed by atoms with Crippen LogP contribution in [0, 0.1) is 0 Å². The molecule has 0 radical (unpaired) electrons. The van der Waals surface area contributed by atoms with Crippen molar-refractivity contribution in [2.75, 3.05) is 33.3 Å². The normalized spacial score (nSPS) is 20.6. The summed E-state index contributed by atoms with van der Waals surface area (Å²) in [4.78, 5) is 2.13. The second-order valence-electron chi connectivity index (χ2n) is 5.39. The Bertz CT molecular complexity index is 562. The molecular formula is C14H23N3O3S. The summed E-state index contributed by atoms with van der Waals surface area (Å²) < 4.78 is 32.4. The number of nitrogens with zero attached hydrogens (tertiary/aromatic N) is 1. The van der Waals surface area contributed by atoms with E-state index in [1.165, 1.54) is 0 Å². The topological polar surface area (TPSA) is 84.7 Å². The van der Waals surface area contributed by atoms with Crippen LogP contribution in [0.1, 0.15) is 11.1 Å². The molecule has 0 aromatic heterocycles. The molecule has 1 aromatic rings. The lowest BCUT2D eigenvalue weighted by atomic mass is 10.1. The molecule has 0 bridgehead atoms. The van der Waals surface area contributed by atoms with E-state index in [-0.39, 0.29) is 11.9 Å². The van der Waals surface area contributed by atoms with E-state index in [1.807, 2.05) is 25.2 Å². The van der Waals surface area contributed by atoms with Gasteiger partial charge < -0.3 is 15.4 Å². The van der Waals surface area contributed by atoms with E-state index < -0.39 is 10.0 Å². The lowest BCUT2D eigenvalue weighted by molar-refractivity contribution is -0.0156. The highest BCUT2D eigenvalue weighted by molar-refractivity contribution is 7.88. The minimum absolute atomic E-state index is 0.0383. The maximum atomic E-state index is 12.1. The summed E-state index contributed by atoms with van der Waals surface area (Å²) in [5.41, 5.74) is 7.24. The Hall–Kier alpha value is -0.990. The average Bonchev–Trinajstić information content (AvgIpc) is 2.45. The zero-order valence-corrected chi connectivity index (χ0v) is 13.1. The van der Waals surface area contributed by atoms with Crippen LogP contribution in [0.25, 0.3) is 0 Å². The Morgan fingerprint density at radius 3 is 2.90 bits per heavy atom. The predicted octanol–water partition coefficient (Wildman–Crippen LogP) is -0.105. The van der Waals surface area contributed by atoms with E-state index in [0.29, 0.717) is 19.7 Å². The minimum Gasteiger partial charge on any atom is -0.374 e. The van der Waals surface area contributed by atoms with Crippen molar-refractivity contribution in [3.05, 3.63) is 35.4 Å². The van der Waals surface area contributed by atoms with Gasteiger partial charge in [0.2, 0.25) is 10.0 Å². The van der Waals surface area contributed by atoms with Gasteiger partial charge in [0.25, 0.3) is 0 Å². The molecule has 6 nitrogen and oxygen atoms in total. The molecule has 0 amide bonds. The number of nitrogens with one attached hydrogen (secondary N) is 1. The number of rotatable bonds is 6. The SMILES string of the molecule is CN1CCOC(CNS(=O)(=O)Cc2cccc(CN)c2)C1. The molecule has 7 heteroatoms. The first-order chi connectivity index (χ1) is 9.98. The van der Waals surface area contributed by atoms with Gasteiger partial charge in [0.1, 0.15) is 0 Å². The van der Waals surface area contributed by atoms with Crippen LogP contribution in [-0.2, 0) is 27.1 Å². The zero-order valence-electron chi connectivity index (χ0n) is 12.3. The van der Waals surface area contributed by atoms with Gasteiger partial charge in [0, 0.05) is 26.2 Å². The van der Waals surface area contributed by atoms with Crippen molar-refractivity contribution in [3.63, 3.8) is 0 Å². The second kappa shape index (κ2) is 7.33. The fraction of sp³-hybridized carbons (Fsp3) is 0.571. The van der Waals surface area contributed by atoms with Crippen LogP contribution in [0.15, 0.2) is 24.3 Å². The molecular weight excluding hydrogens is 290 g/mol. The number of morpholine rings is 1. The standard InChI is InChI=1S/C14H23N3O3S/c1-17-5-6-20-14(10-17)9-16-21(18,19)11-13-4-2-3-12(7-13)8-15/h2-4,7,14,16H,5-6,8-11,15H2,1H3. The average molecular weight is 313 g/mol. The lowest BCUT2D eigenvalue weighted by Gasteiger charge is -2.30. The second-order valence-corrected chi connectivity index (χ2v) is 7.19. The van der Waals surface area contributed by atoms with Crippen LogP contribution in [0.3, 0.4) is 0 Å². The van der Waals surface area contributed by atoms with Crippen molar-refractivity contribution in [1.82, 2.24) is 9.62 Å². The molecule has 1 heterocycles. The van der Waals surface area contributed by atoms with Crippen LogP contribution < -0.4 is 10.5 Å². The Labute approximate surface area is 126 Å². The summed E-state index contributed by atoms with van der Waals surface area (Å²) in [7, 11) is -1.36. The van der Waals surface area contributed by atoms with Gasteiger partial charge >= 0.3 is 0 Å². The third kappa shape index (κ3) is 5.37. The molecule has 3 N–H and O–H groups in total. The van der Waals surface area contributed by atoms with Gasteiger partial charge in [-0.2, -0.15) is 0 Å². The van der Waals surface area contributed by atoms with Gasteiger partial charge in [-0.15, -0.1) is 0 Å². The molecule has 118 valence electrons. The fourth-order valence-electron chi connectivity index (χ4n) is 2.33. The van der Waals surface area contributed by atoms with E-state index in [9.17, 15) is 8.42 Å². The molecule has 1 atom stereocenters. The molecule has 1 fully saturated rings. The van der Waals surface area contributed by atoms with E-state index in [0.717, 1.165) is 24.2 Å². The number of likely N-dealkylation sites (N-methyl/N-ethyl adjacent to an activating group) is 1. The summed E-state index contributed by atoms with van der Waals surface area (Å²) in [5, 5.41) is 0. The highest BCUT2D eigenvalue weighted by Gasteiger charge is 2.20. The van der Waals surface area contributed by atoms with Crippen molar-refractivity contribution < 1.29 is 13.2 Å². The van der Waals surface area contributed by atoms with E-state index in [1.54, 1.807) is 6.07 Å². The van der Waals surface area contributed by atoms with Gasteiger partial charge in [-0.25, -0.2) is 13.1 Å². The predicted molar refractivity (Wildman–Crippen MR) is 82.2 cm³/mol. The molecule has 1 saturated heterocycles. The number of ether oxygens (including phenoxy) is 1. The number of hydrogen-bond donors (Lipinski definition) is 2. The van der Waals surface area contributed by atoms with Crippen molar-refractivity contribution in [1.29, 1.82) is 0 Å². The largest absolute Gasteiger partial charge is 0.374 e. The lowest BCUT2D eigenvalue weighted by Crippen LogP contribution is -2.46. The first-order valence-corrected chi connectivity index (χ1v) is 8.69. The number of hydrogen-bond acceptors (Lipinski definition) is 5. The number of nitrogens with two attached hydrogens (primary N) is 1. The summed E-state index contributed by atoms with van der Waals surface area (Å²) in [6.45, 7) is 2.98. The molecule has 0 aliphatic carbocycles. The summed E-state index contributed by atoms with van der Waals surface area (Å²) in [6.07, 6.45) is -0.0890. The first-order valence-electron chi connectivity index (χ1n) is 7.04. The van der Waals surface area contributed by atoms with Gasteiger partial charge in [0.15, 0.2) is 0 Å². The molecule has 0 saturated carbocycles. The molecule has 1 unspecified atom stereocenters. The smallest absolute Gasteiger partial charge is 0.215 e. The van der Waals surface area contributed by atoms with Gasteiger partial charge in [0.05, 0.1) is 18.5 Å². The van der Waals surface area contributed by atoms with Crippen LogP contribution in [0.4, 0.5) is 0 Å². The zero-order chi connectivity index (χ0) is 15.3. The van der Waals surface area contributed by atoms with Crippen LogP contribution in [0.2, 0.25) is 0 Å². The Morgan fingerprint density at radius 2 is 2.19 bits per heavy atom. The van der Waals surface area contributed by atoms with Crippen molar-refractivity contribution in [3.8, 4) is 0 Å². The van der Waals surface area contributed by atoms with E-state index >= 15 is 0 Å². The third-order valence-electron chi connectivity index (χ3n) is 3.46. The summed E-state index contributed by atoms with van der Waals surface area (Å²) >= 11 is 0.